The Kier molecular flexibility index (Phi) is 2.76. The molecule has 0 unspecified atom stereocenters. The monoisotopic (exact) mass is 218 g/mol. The second kappa shape index (κ2) is 3.78. The lowest BCUT2D eigenvalue weighted by molar-refractivity contribution is 0.702. The van der Waals surface area contributed by atoms with Crippen molar-refractivity contribution in [1.82, 2.24) is 0 Å². The summed E-state index contributed by atoms with van der Waals surface area (Å²) in [6, 6.07) is 11.2. The van der Waals surface area contributed by atoms with E-state index in [1.54, 1.807) is 5.19 Å². The molecule has 1 aromatic rings. The molecular formula is C14H22Si. The minimum Gasteiger partial charge on any atom is -0.0652 e. The summed E-state index contributed by atoms with van der Waals surface area (Å²) >= 11 is 0. The standard InChI is InChI=1S/C14H22Si/c1-11-10-14(11)12(2)15(3,4)13-8-6-5-7-9-13/h5-9,11-12,14H,10H2,1-4H3/t11-,12-,14+/m0/s1. The maximum absolute atomic E-state index is 2.53. The lowest BCUT2D eigenvalue weighted by atomic mass is 10.3. The highest BCUT2D eigenvalue weighted by molar-refractivity contribution is 6.91. The first-order valence-electron chi connectivity index (χ1n) is 6.09. The van der Waals surface area contributed by atoms with Crippen LogP contribution >= 0.6 is 0 Å². The molecule has 1 heteroatoms. The van der Waals surface area contributed by atoms with Crippen LogP contribution in [0, 0.1) is 11.8 Å². The molecule has 0 aliphatic heterocycles. The van der Waals surface area contributed by atoms with E-state index in [0.29, 0.717) is 0 Å². The molecule has 2 rings (SSSR count). The summed E-state index contributed by atoms with van der Waals surface area (Å²) in [5, 5.41) is 1.62. The van der Waals surface area contributed by atoms with E-state index >= 15 is 0 Å². The van der Waals surface area contributed by atoms with Crippen LogP contribution in [-0.2, 0) is 0 Å². The molecule has 1 saturated carbocycles. The molecule has 1 fully saturated rings. The largest absolute Gasteiger partial charge is 0.0836 e. The van der Waals surface area contributed by atoms with Gasteiger partial charge in [0.1, 0.15) is 0 Å². The third kappa shape index (κ3) is 2.03. The van der Waals surface area contributed by atoms with E-state index in [4.69, 9.17) is 0 Å². The second-order valence-corrected chi connectivity index (χ2v) is 10.7. The Morgan fingerprint density at radius 3 is 2.20 bits per heavy atom. The zero-order chi connectivity index (χ0) is 11.1. The van der Waals surface area contributed by atoms with Crippen molar-refractivity contribution >= 4 is 13.3 Å². The van der Waals surface area contributed by atoms with Crippen molar-refractivity contribution in [3.05, 3.63) is 30.3 Å². The van der Waals surface area contributed by atoms with Gasteiger partial charge in [-0.15, -0.1) is 0 Å². The SMILES string of the molecule is C[C@H]1C[C@H]1[C@H](C)[Si](C)(C)c1ccccc1. The van der Waals surface area contributed by atoms with Crippen molar-refractivity contribution in [3.8, 4) is 0 Å². The van der Waals surface area contributed by atoms with Crippen molar-refractivity contribution in [2.24, 2.45) is 11.8 Å². The first-order chi connectivity index (χ1) is 7.03. The van der Waals surface area contributed by atoms with E-state index < -0.39 is 8.07 Å². The normalized spacial score (nSPS) is 27.5. The molecule has 1 aliphatic carbocycles. The van der Waals surface area contributed by atoms with Gasteiger partial charge >= 0.3 is 0 Å². The Morgan fingerprint density at radius 1 is 1.20 bits per heavy atom. The van der Waals surface area contributed by atoms with Gasteiger partial charge in [0.25, 0.3) is 0 Å². The van der Waals surface area contributed by atoms with Gasteiger partial charge in [0, 0.05) is 0 Å². The molecule has 1 aromatic carbocycles. The Balaban J connectivity index is 2.19. The molecule has 0 bridgehead atoms. The summed E-state index contributed by atoms with van der Waals surface area (Å²) in [5.41, 5.74) is 0.926. The predicted molar refractivity (Wildman–Crippen MR) is 70.3 cm³/mol. The summed E-state index contributed by atoms with van der Waals surface area (Å²) in [4.78, 5) is 0. The van der Waals surface area contributed by atoms with E-state index in [9.17, 15) is 0 Å². The minimum atomic E-state index is -1.23. The topological polar surface area (TPSA) is 0 Å². The third-order valence-electron chi connectivity index (χ3n) is 4.47. The Hall–Kier alpha value is -0.563. The Labute approximate surface area is 94.7 Å². The molecular weight excluding hydrogens is 196 g/mol. The first-order valence-corrected chi connectivity index (χ1v) is 9.16. The molecule has 3 atom stereocenters. The van der Waals surface area contributed by atoms with Gasteiger partial charge in [-0.25, -0.2) is 0 Å². The maximum Gasteiger partial charge on any atom is 0.0836 e. The summed E-state index contributed by atoms with van der Waals surface area (Å²) in [6.07, 6.45) is 1.46. The first kappa shape index (κ1) is 10.9. The average Bonchev–Trinajstić information content (AvgIpc) is 2.95. The van der Waals surface area contributed by atoms with Crippen LogP contribution in [0.3, 0.4) is 0 Å². The van der Waals surface area contributed by atoms with Gasteiger partial charge in [0.15, 0.2) is 0 Å². The van der Waals surface area contributed by atoms with E-state index in [-0.39, 0.29) is 0 Å². The van der Waals surface area contributed by atoms with Crippen LogP contribution in [0.4, 0.5) is 0 Å². The molecule has 0 aromatic heterocycles. The van der Waals surface area contributed by atoms with E-state index in [1.807, 2.05) is 0 Å². The average molecular weight is 218 g/mol. The summed E-state index contributed by atoms with van der Waals surface area (Å²) in [5.74, 6) is 1.99. The van der Waals surface area contributed by atoms with Gasteiger partial charge in [-0.05, 0) is 23.8 Å². The van der Waals surface area contributed by atoms with E-state index in [0.717, 1.165) is 17.4 Å². The van der Waals surface area contributed by atoms with Gasteiger partial charge < -0.3 is 0 Å². The summed E-state index contributed by atoms with van der Waals surface area (Å²) < 4.78 is 0. The molecule has 0 saturated heterocycles. The van der Waals surface area contributed by atoms with Crippen LogP contribution in [0.1, 0.15) is 20.3 Å². The van der Waals surface area contributed by atoms with Crippen LogP contribution in [0.5, 0.6) is 0 Å². The zero-order valence-electron chi connectivity index (χ0n) is 10.3. The van der Waals surface area contributed by atoms with Crippen molar-refractivity contribution < 1.29 is 0 Å². The highest BCUT2D eigenvalue weighted by atomic mass is 28.3. The lowest BCUT2D eigenvalue weighted by Gasteiger charge is -2.30. The highest BCUT2D eigenvalue weighted by Gasteiger charge is 2.45. The Bertz CT molecular complexity index is 328. The van der Waals surface area contributed by atoms with Crippen LogP contribution < -0.4 is 5.19 Å². The van der Waals surface area contributed by atoms with Gasteiger partial charge in [-0.2, -0.15) is 0 Å². The number of benzene rings is 1. The summed E-state index contributed by atoms with van der Waals surface area (Å²) in [6.45, 7) is 9.93. The quantitative estimate of drug-likeness (QED) is 0.679. The molecule has 0 radical (unpaired) electrons. The lowest BCUT2D eigenvalue weighted by Crippen LogP contribution is -2.45. The van der Waals surface area contributed by atoms with Crippen molar-refractivity contribution in [2.75, 3.05) is 0 Å². The molecule has 0 N–H and O–H groups in total. The molecule has 15 heavy (non-hydrogen) atoms. The van der Waals surface area contributed by atoms with Crippen LogP contribution in [-0.4, -0.2) is 8.07 Å². The maximum atomic E-state index is 2.53. The van der Waals surface area contributed by atoms with Gasteiger partial charge in [0.2, 0.25) is 0 Å². The fourth-order valence-corrected chi connectivity index (χ4v) is 5.83. The molecule has 0 spiro atoms. The highest BCUT2D eigenvalue weighted by Crippen LogP contribution is 2.50. The molecule has 0 nitrogen and oxygen atoms in total. The molecule has 0 amide bonds. The molecule has 82 valence electrons. The summed E-state index contributed by atoms with van der Waals surface area (Å²) in [7, 11) is -1.23. The number of rotatable bonds is 3. The van der Waals surface area contributed by atoms with Crippen molar-refractivity contribution in [2.45, 2.75) is 38.9 Å². The van der Waals surface area contributed by atoms with Gasteiger partial charge in [0.05, 0.1) is 8.07 Å². The van der Waals surface area contributed by atoms with E-state index in [1.165, 1.54) is 6.42 Å². The second-order valence-electron chi connectivity index (χ2n) is 5.75. The fourth-order valence-electron chi connectivity index (χ4n) is 2.71. The molecule has 1 aliphatic rings. The third-order valence-corrected chi connectivity index (χ3v) is 9.00. The predicted octanol–water partition coefficient (Wildman–Crippen LogP) is 3.65. The van der Waals surface area contributed by atoms with Crippen molar-refractivity contribution in [1.29, 1.82) is 0 Å². The molecule has 0 heterocycles. The van der Waals surface area contributed by atoms with Crippen LogP contribution in [0.15, 0.2) is 30.3 Å². The smallest absolute Gasteiger partial charge is 0.0652 e. The van der Waals surface area contributed by atoms with Crippen molar-refractivity contribution in [3.63, 3.8) is 0 Å². The van der Waals surface area contributed by atoms with Gasteiger partial charge in [-0.1, -0.05) is 62.5 Å². The number of hydrogen-bond acceptors (Lipinski definition) is 0. The number of hydrogen-bond donors (Lipinski definition) is 0. The van der Waals surface area contributed by atoms with Crippen LogP contribution in [0.2, 0.25) is 18.6 Å². The zero-order valence-corrected chi connectivity index (χ0v) is 11.3. The Morgan fingerprint density at radius 2 is 1.73 bits per heavy atom. The van der Waals surface area contributed by atoms with E-state index in [2.05, 4.69) is 57.3 Å². The van der Waals surface area contributed by atoms with Gasteiger partial charge in [-0.3, -0.25) is 0 Å². The fraction of sp³-hybridized carbons (Fsp3) is 0.571. The minimum absolute atomic E-state index is 0.926. The van der Waals surface area contributed by atoms with Crippen LogP contribution in [0.25, 0.3) is 0 Å².